The molecule has 1 rings (SSSR count). The first-order chi connectivity index (χ1) is 15.8. The number of hydrogen-bond donors (Lipinski definition) is 1. The largest absolute Gasteiger partial charge is 0.458 e. The molecule has 194 valence electrons. The second-order valence-corrected chi connectivity index (χ2v) is 12.0. The third-order valence-corrected chi connectivity index (χ3v) is 7.53. The minimum Gasteiger partial charge on any atom is -0.458 e. The molecular formula is C28H47NO4S. The Bertz CT molecular complexity index is 811. The molecule has 0 fully saturated rings. The van der Waals surface area contributed by atoms with Crippen molar-refractivity contribution in [3.8, 4) is 0 Å². The van der Waals surface area contributed by atoms with E-state index in [4.69, 9.17) is 4.74 Å². The molecule has 0 saturated carbocycles. The molecule has 1 N–H and O–H groups in total. The number of esters is 1. The molecule has 0 aliphatic rings. The van der Waals surface area contributed by atoms with Crippen molar-refractivity contribution in [1.29, 1.82) is 0 Å². The Morgan fingerprint density at radius 3 is 2.38 bits per heavy atom. The van der Waals surface area contributed by atoms with Gasteiger partial charge in [-0.05, 0) is 56.6 Å². The van der Waals surface area contributed by atoms with Gasteiger partial charge in [-0.25, -0.2) is 4.98 Å². The molecule has 6 heteroatoms. The number of carbonyl (C=O) groups excluding carboxylic acids is 2. The van der Waals surface area contributed by atoms with Crippen LogP contribution in [0.1, 0.15) is 105 Å². The number of ether oxygens (including phenoxy) is 1. The van der Waals surface area contributed by atoms with Gasteiger partial charge in [0, 0.05) is 23.1 Å². The summed E-state index contributed by atoms with van der Waals surface area (Å²) in [6, 6.07) is 0. The molecule has 5 nitrogen and oxygen atoms in total. The first-order valence-electron chi connectivity index (χ1n) is 12.8. The lowest BCUT2D eigenvalue weighted by molar-refractivity contribution is -0.148. The Hall–Kier alpha value is -1.53. The van der Waals surface area contributed by atoms with Crippen LogP contribution in [-0.2, 0) is 14.3 Å². The maximum Gasteiger partial charge on any atom is 0.306 e. The lowest BCUT2D eigenvalue weighted by Gasteiger charge is -2.31. The molecule has 0 unspecified atom stereocenters. The van der Waals surface area contributed by atoms with E-state index < -0.39 is 17.4 Å². The van der Waals surface area contributed by atoms with Gasteiger partial charge >= 0.3 is 5.97 Å². The van der Waals surface area contributed by atoms with E-state index in [-0.39, 0.29) is 30.2 Å². The maximum absolute atomic E-state index is 13.2. The Labute approximate surface area is 211 Å². The molecule has 1 aromatic heterocycles. The number of aliphatic hydroxyl groups is 1. The molecule has 0 radical (unpaired) electrons. The van der Waals surface area contributed by atoms with Crippen molar-refractivity contribution in [2.24, 2.45) is 23.2 Å². The van der Waals surface area contributed by atoms with Gasteiger partial charge in [0.05, 0.1) is 16.8 Å². The zero-order valence-electron chi connectivity index (χ0n) is 22.8. The van der Waals surface area contributed by atoms with Crippen LogP contribution in [0.25, 0.3) is 6.08 Å². The molecule has 1 heterocycles. The molecule has 0 aliphatic heterocycles. The number of aliphatic hydroxyl groups excluding tert-OH is 1. The van der Waals surface area contributed by atoms with Crippen LogP contribution in [-0.4, -0.2) is 34.1 Å². The standard InChI is InChI=1S/C28H47NO4S/c1-10-24(20(5)16-23-17-34-22(7)29-23)33-25(30)14-15-28(8,9)27(32)21(6)26(31)19(4)13-11-12-18(2)3/h16-19,21,24,26,31H,10-15H2,1-9H3/b20-16+/t19-,21+,24-,26-/m0/s1. The summed E-state index contributed by atoms with van der Waals surface area (Å²) in [6.07, 6.45) is 5.33. The summed E-state index contributed by atoms with van der Waals surface area (Å²) in [5, 5.41) is 13.8. The lowest BCUT2D eigenvalue weighted by Crippen LogP contribution is -2.39. The third-order valence-electron chi connectivity index (χ3n) is 6.74. The highest BCUT2D eigenvalue weighted by Crippen LogP contribution is 2.31. The monoisotopic (exact) mass is 493 g/mol. The topological polar surface area (TPSA) is 76.5 Å². The molecule has 0 aliphatic carbocycles. The molecule has 0 saturated heterocycles. The smallest absolute Gasteiger partial charge is 0.306 e. The minimum absolute atomic E-state index is 0.00512. The summed E-state index contributed by atoms with van der Waals surface area (Å²) in [6.45, 7) is 17.9. The number of thiazole rings is 1. The van der Waals surface area contributed by atoms with E-state index in [0.717, 1.165) is 35.5 Å². The van der Waals surface area contributed by atoms with Gasteiger partial charge in [0.15, 0.2) is 0 Å². The average Bonchev–Trinajstić information content (AvgIpc) is 3.18. The van der Waals surface area contributed by atoms with Crippen LogP contribution < -0.4 is 0 Å². The summed E-state index contributed by atoms with van der Waals surface area (Å²) in [5.41, 5.74) is 1.13. The second kappa shape index (κ2) is 14.1. The molecule has 0 bridgehead atoms. The maximum atomic E-state index is 13.2. The number of nitrogens with zero attached hydrogens (tertiary/aromatic N) is 1. The first-order valence-corrected chi connectivity index (χ1v) is 13.7. The van der Waals surface area contributed by atoms with Crippen LogP contribution in [0.5, 0.6) is 0 Å². The quantitative estimate of drug-likeness (QED) is 0.266. The zero-order valence-corrected chi connectivity index (χ0v) is 23.6. The van der Waals surface area contributed by atoms with Crippen LogP contribution in [0, 0.1) is 30.1 Å². The van der Waals surface area contributed by atoms with E-state index in [1.807, 2.05) is 59.9 Å². The number of hydrogen-bond acceptors (Lipinski definition) is 6. The summed E-state index contributed by atoms with van der Waals surface area (Å²) in [5.74, 6) is -0.0452. The fourth-order valence-electron chi connectivity index (χ4n) is 4.31. The number of aryl methyl sites for hydroxylation is 1. The Morgan fingerprint density at radius 2 is 1.85 bits per heavy atom. The van der Waals surface area contributed by atoms with Crippen molar-refractivity contribution in [2.45, 2.75) is 113 Å². The first kappa shape index (κ1) is 30.5. The van der Waals surface area contributed by atoms with Gasteiger partial charge in [-0.3, -0.25) is 9.59 Å². The Morgan fingerprint density at radius 1 is 1.21 bits per heavy atom. The van der Waals surface area contributed by atoms with Gasteiger partial charge < -0.3 is 9.84 Å². The van der Waals surface area contributed by atoms with Gasteiger partial charge in [-0.2, -0.15) is 0 Å². The van der Waals surface area contributed by atoms with Crippen LogP contribution >= 0.6 is 11.3 Å². The van der Waals surface area contributed by atoms with Crippen molar-refractivity contribution in [2.75, 3.05) is 0 Å². The number of carbonyl (C=O) groups is 2. The van der Waals surface area contributed by atoms with Crippen molar-refractivity contribution in [3.05, 3.63) is 21.7 Å². The highest BCUT2D eigenvalue weighted by atomic mass is 32.1. The molecule has 0 spiro atoms. The van der Waals surface area contributed by atoms with Crippen LogP contribution in [0.15, 0.2) is 11.0 Å². The molecule has 0 aromatic carbocycles. The Kier molecular flexibility index (Phi) is 12.7. The van der Waals surface area contributed by atoms with E-state index in [1.54, 1.807) is 11.3 Å². The van der Waals surface area contributed by atoms with Gasteiger partial charge in [0.2, 0.25) is 0 Å². The number of aromatic nitrogens is 1. The van der Waals surface area contributed by atoms with E-state index in [0.29, 0.717) is 18.8 Å². The van der Waals surface area contributed by atoms with E-state index in [9.17, 15) is 14.7 Å². The fraction of sp³-hybridized carbons (Fsp3) is 0.750. The van der Waals surface area contributed by atoms with Gasteiger partial charge in [-0.15, -0.1) is 11.3 Å². The second-order valence-electron chi connectivity index (χ2n) is 10.9. The van der Waals surface area contributed by atoms with Gasteiger partial charge in [0.25, 0.3) is 0 Å². The van der Waals surface area contributed by atoms with E-state index >= 15 is 0 Å². The fourth-order valence-corrected chi connectivity index (χ4v) is 4.88. The van der Waals surface area contributed by atoms with Gasteiger partial charge in [0.1, 0.15) is 11.9 Å². The van der Waals surface area contributed by atoms with E-state index in [2.05, 4.69) is 18.8 Å². The predicted molar refractivity (Wildman–Crippen MR) is 142 cm³/mol. The molecule has 4 atom stereocenters. The van der Waals surface area contributed by atoms with E-state index in [1.165, 1.54) is 0 Å². The van der Waals surface area contributed by atoms with Crippen LogP contribution in [0.3, 0.4) is 0 Å². The van der Waals surface area contributed by atoms with Crippen LogP contribution in [0.2, 0.25) is 0 Å². The highest BCUT2D eigenvalue weighted by Gasteiger charge is 2.36. The van der Waals surface area contributed by atoms with Crippen molar-refractivity contribution < 1.29 is 19.4 Å². The molecular weight excluding hydrogens is 446 g/mol. The number of Topliss-reactive ketones (excluding diaryl/α,β-unsaturated/α-hetero) is 1. The summed E-state index contributed by atoms with van der Waals surface area (Å²) < 4.78 is 5.73. The van der Waals surface area contributed by atoms with Crippen molar-refractivity contribution >= 4 is 29.2 Å². The third kappa shape index (κ3) is 9.99. The average molecular weight is 494 g/mol. The van der Waals surface area contributed by atoms with Crippen molar-refractivity contribution in [1.82, 2.24) is 4.98 Å². The number of ketones is 1. The SMILES string of the molecule is CC[C@H](OC(=O)CCC(C)(C)C(=O)[C@H](C)[C@@H](O)[C@@H](C)CCCC(C)C)/C(C)=C/c1csc(C)n1. The van der Waals surface area contributed by atoms with Crippen LogP contribution in [0.4, 0.5) is 0 Å². The lowest BCUT2D eigenvalue weighted by atomic mass is 9.74. The normalized spacial score (nSPS) is 16.3. The minimum atomic E-state index is -0.707. The summed E-state index contributed by atoms with van der Waals surface area (Å²) in [7, 11) is 0. The molecule has 1 aromatic rings. The highest BCUT2D eigenvalue weighted by molar-refractivity contribution is 7.09. The zero-order chi connectivity index (χ0) is 26.1. The predicted octanol–water partition coefficient (Wildman–Crippen LogP) is 7.01. The number of rotatable bonds is 15. The summed E-state index contributed by atoms with van der Waals surface area (Å²) >= 11 is 1.59. The molecule has 34 heavy (non-hydrogen) atoms. The summed E-state index contributed by atoms with van der Waals surface area (Å²) in [4.78, 5) is 30.2. The van der Waals surface area contributed by atoms with Crippen molar-refractivity contribution in [3.63, 3.8) is 0 Å². The van der Waals surface area contributed by atoms with Gasteiger partial charge in [-0.1, -0.05) is 61.3 Å². The Balaban J connectivity index is 2.63. The molecule has 0 amide bonds.